The minimum absolute atomic E-state index is 0.0517. The highest BCUT2D eigenvalue weighted by atomic mass is 16.5. The average Bonchev–Trinajstić information content (AvgIpc) is 2.71. The summed E-state index contributed by atoms with van der Waals surface area (Å²) in [7, 11) is 0. The highest BCUT2D eigenvalue weighted by Gasteiger charge is 2.33. The molecule has 0 aromatic heterocycles. The lowest BCUT2D eigenvalue weighted by Crippen LogP contribution is -2.52. The van der Waals surface area contributed by atoms with Crippen LogP contribution in [0.25, 0.3) is 0 Å². The van der Waals surface area contributed by atoms with Crippen molar-refractivity contribution < 1.29 is 19.1 Å². The first-order valence-corrected chi connectivity index (χ1v) is 10.7. The van der Waals surface area contributed by atoms with Crippen molar-refractivity contribution in [2.45, 2.75) is 45.8 Å². The molecule has 3 rings (SSSR count). The number of amides is 4. The third-order valence-electron chi connectivity index (χ3n) is 5.60. The van der Waals surface area contributed by atoms with Crippen LogP contribution in [-0.4, -0.2) is 72.6 Å². The quantitative estimate of drug-likeness (QED) is 0.785. The summed E-state index contributed by atoms with van der Waals surface area (Å²) in [6.45, 7) is 8.18. The SMILES string of the molecule is Cc1cccc(NC(=O)NCC(=O)N2CCC(C(=O)N3CC(C)OC(C)C3)CC2)c1. The van der Waals surface area contributed by atoms with E-state index in [1.807, 2.05) is 43.9 Å². The van der Waals surface area contributed by atoms with Gasteiger partial charge in [-0.3, -0.25) is 9.59 Å². The maximum Gasteiger partial charge on any atom is 0.319 e. The van der Waals surface area contributed by atoms with Crippen molar-refractivity contribution in [3.8, 4) is 0 Å². The Labute approximate surface area is 177 Å². The third kappa shape index (κ3) is 5.95. The van der Waals surface area contributed by atoms with Gasteiger partial charge in [0, 0.05) is 37.8 Å². The van der Waals surface area contributed by atoms with Gasteiger partial charge in [0.2, 0.25) is 11.8 Å². The van der Waals surface area contributed by atoms with Gasteiger partial charge >= 0.3 is 6.03 Å². The number of morpholine rings is 1. The second kappa shape index (κ2) is 9.93. The van der Waals surface area contributed by atoms with Gasteiger partial charge in [-0.15, -0.1) is 0 Å². The van der Waals surface area contributed by atoms with Crippen LogP contribution in [0.3, 0.4) is 0 Å². The molecule has 0 saturated carbocycles. The van der Waals surface area contributed by atoms with Crippen LogP contribution in [0.5, 0.6) is 0 Å². The molecule has 1 aromatic carbocycles. The molecule has 2 aliphatic heterocycles. The van der Waals surface area contributed by atoms with Gasteiger partial charge in [0.05, 0.1) is 18.8 Å². The lowest BCUT2D eigenvalue weighted by Gasteiger charge is -2.39. The molecule has 4 amide bonds. The second-order valence-corrected chi connectivity index (χ2v) is 8.33. The molecule has 2 unspecified atom stereocenters. The number of ether oxygens (including phenoxy) is 1. The number of urea groups is 1. The topological polar surface area (TPSA) is 91.0 Å². The zero-order valence-electron chi connectivity index (χ0n) is 18.0. The molecule has 8 nitrogen and oxygen atoms in total. The van der Waals surface area contributed by atoms with Crippen molar-refractivity contribution >= 4 is 23.5 Å². The fourth-order valence-corrected chi connectivity index (χ4v) is 4.16. The van der Waals surface area contributed by atoms with E-state index in [1.165, 1.54) is 0 Å². The normalized spacial score (nSPS) is 22.5. The van der Waals surface area contributed by atoms with E-state index >= 15 is 0 Å². The van der Waals surface area contributed by atoms with E-state index in [2.05, 4.69) is 10.6 Å². The molecule has 2 atom stereocenters. The smallest absolute Gasteiger partial charge is 0.319 e. The van der Waals surface area contributed by atoms with E-state index in [0.29, 0.717) is 44.7 Å². The summed E-state index contributed by atoms with van der Waals surface area (Å²) in [6.07, 6.45) is 1.41. The van der Waals surface area contributed by atoms with Crippen molar-refractivity contribution in [2.75, 3.05) is 38.0 Å². The number of hydrogen-bond donors (Lipinski definition) is 2. The minimum Gasteiger partial charge on any atom is -0.372 e. The van der Waals surface area contributed by atoms with Gasteiger partial charge in [0.15, 0.2) is 0 Å². The minimum atomic E-state index is -0.408. The highest BCUT2D eigenvalue weighted by molar-refractivity contribution is 5.92. The van der Waals surface area contributed by atoms with Gasteiger partial charge in [0.1, 0.15) is 0 Å². The van der Waals surface area contributed by atoms with E-state index in [0.717, 1.165) is 5.56 Å². The fourth-order valence-electron chi connectivity index (χ4n) is 4.16. The Kier molecular flexibility index (Phi) is 7.31. The van der Waals surface area contributed by atoms with Gasteiger partial charge in [-0.2, -0.15) is 0 Å². The van der Waals surface area contributed by atoms with E-state index in [9.17, 15) is 14.4 Å². The molecule has 2 N–H and O–H groups in total. The van der Waals surface area contributed by atoms with Crippen LogP contribution in [-0.2, 0) is 14.3 Å². The number of nitrogens with one attached hydrogen (secondary N) is 2. The van der Waals surface area contributed by atoms with E-state index in [-0.39, 0.29) is 36.5 Å². The summed E-state index contributed by atoms with van der Waals surface area (Å²) in [5, 5.41) is 5.34. The van der Waals surface area contributed by atoms with Crippen LogP contribution in [0.15, 0.2) is 24.3 Å². The third-order valence-corrected chi connectivity index (χ3v) is 5.60. The molecule has 2 saturated heterocycles. The number of carbonyl (C=O) groups is 3. The van der Waals surface area contributed by atoms with Crippen LogP contribution < -0.4 is 10.6 Å². The number of carbonyl (C=O) groups excluding carboxylic acids is 3. The molecule has 0 radical (unpaired) electrons. The highest BCUT2D eigenvalue weighted by Crippen LogP contribution is 2.22. The van der Waals surface area contributed by atoms with Crippen LogP contribution >= 0.6 is 0 Å². The monoisotopic (exact) mass is 416 g/mol. The summed E-state index contributed by atoms with van der Waals surface area (Å²) in [6, 6.07) is 7.06. The maximum absolute atomic E-state index is 12.8. The molecule has 0 aliphatic carbocycles. The number of benzene rings is 1. The molecular formula is C22H32N4O4. The predicted molar refractivity (Wildman–Crippen MR) is 114 cm³/mol. The molecule has 2 fully saturated rings. The molecule has 8 heteroatoms. The average molecular weight is 417 g/mol. The number of aryl methyl sites for hydroxylation is 1. The lowest BCUT2D eigenvalue weighted by atomic mass is 9.94. The first-order valence-electron chi connectivity index (χ1n) is 10.7. The first kappa shape index (κ1) is 22.1. The number of nitrogens with zero attached hydrogens (tertiary/aromatic N) is 2. The van der Waals surface area contributed by atoms with E-state index in [1.54, 1.807) is 11.0 Å². The molecule has 1 aromatic rings. The fraction of sp³-hybridized carbons (Fsp3) is 0.591. The van der Waals surface area contributed by atoms with Crippen LogP contribution in [0.1, 0.15) is 32.3 Å². The number of rotatable bonds is 4. The standard InChI is InChI=1S/C22H32N4O4/c1-15-5-4-6-19(11-15)24-22(29)23-12-20(27)25-9-7-18(8-10-25)21(28)26-13-16(2)30-17(3)14-26/h4-6,11,16-18H,7-10,12-14H2,1-3H3,(H2,23,24,29). The van der Waals surface area contributed by atoms with Gasteiger partial charge in [0.25, 0.3) is 0 Å². The van der Waals surface area contributed by atoms with Crippen molar-refractivity contribution in [3.63, 3.8) is 0 Å². The van der Waals surface area contributed by atoms with Gasteiger partial charge in [-0.1, -0.05) is 12.1 Å². The number of piperidine rings is 1. The Bertz CT molecular complexity index is 766. The van der Waals surface area contributed by atoms with E-state index in [4.69, 9.17) is 4.74 Å². The van der Waals surface area contributed by atoms with Crippen LogP contribution in [0.2, 0.25) is 0 Å². The van der Waals surface area contributed by atoms with Crippen molar-refractivity contribution in [2.24, 2.45) is 5.92 Å². The Balaban J connectivity index is 1.40. The molecule has 164 valence electrons. The summed E-state index contributed by atoms with van der Waals surface area (Å²) >= 11 is 0. The molecule has 0 spiro atoms. The van der Waals surface area contributed by atoms with Crippen LogP contribution in [0.4, 0.5) is 10.5 Å². The Morgan fingerprint density at radius 1 is 1.07 bits per heavy atom. The van der Waals surface area contributed by atoms with Crippen molar-refractivity contribution in [1.29, 1.82) is 0 Å². The summed E-state index contributed by atoms with van der Waals surface area (Å²) < 4.78 is 5.71. The summed E-state index contributed by atoms with van der Waals surface area (Å²) in [5.41, 5.74) is 1.73. The van der Waals surface area contributed by atoms with Gasteiger partial charge < -0.3 is 25.2 Å². The zero-order chi connectivity index (χ0) is 21.7. The Morgan fingerprint density at radius 2 is 1.73 bits per heavy atom. The summed E-state index contributed by atoms with van der Waals surface area (Å²) in [5.74, 6) is -0.0159. The second-order valence-electron chi connectivity index (χ2n) is 8.33. The summed E-state index contributed by atoms with van der Waals surface area (Å²) in [4.78, 5) is 40.9. The molecule has 30 heavy (non-hydrogen) atoms. The Morgan fingerprint density at radius 3 is 2.37 bits per heavy atom. The van der Waals surface area contributed by atoms with Crippen LogP contribution in [0, 0.1) is 12.8 Å². The van der Waals surface area contributed by atoms with Crippen molar-refractivity contribution in [1.82, 2.24) is 15.1 Å². The molecule has 2 heterocycles. The maximum atomic E-state index is 12.8. The zero-order valence-corrected chi connectivity index (χ0v) is 18.0. The predicted octanol–water partition coefficient (Wildman–Crippen LogP) is 1.99. The number of likely N-dealkylation sites (tertiary alicyclic amines) is 1. The van der Waals surface area contributed by atoms with Gasteiger partial charge in [-0.25, -0.2) is 4.79 Å². The van der Waals surface area contributed by atoms with Crippen molar-refractivity contribution in [3.05, 3.63) is 29.8 Å². The first-order chi connectivity index (χ1) is 14.3. The lowest BCUT2D eigenvalue weighted by molar-refractivity contribution is -0.150. The number of hydrogen-bond acceptors (Lipinski definition) is 4. The molecular weight excluding hydrogens is 384 g/mol. The largest absolute Gasteiger partial charge is 0.372 e. The molecule has 0 bridgehead atoms. The van der Waals surface area contributed by atoms with E-state index < -0.39 is 6.03 Å². The Hall–Kier alpha value is -2.61. The molecule has 2 aliphatic rings. The number of anilines is 1. The van der Waals surface area contributed by atoms with Gasteiger partial charge in [-0.05, 0) is 51.3 Å².